The monoisotopic (exact) mass is 330 g/mol. The van der Waals surface area contributed by atoms with Gasteiger partial charge < -0.3 is 9.53 Å². The smallest absolute Gasteiger partial charge is 0.309 e. The van der Waals surface area contributed by atoms with E-state index in [0.29, 0.717) is 11.8 Å². The third kappa shape index (κ3) is 2.09. The Bertz CT molecular complexity index is 582. The van der Waals surface area contributed by atoms with Crippen molar-refractivity contribution in [3.8, 4) is 0 Å². The van der Waals surface area contributed by atoms with Gasteiger partial charge >= 0.3 is 5.97 Å². The van der Waals surface area contributed by atoms with E-state index in [1.165, 1.54) is 11.9 Å². The van der Waals surface area contributed by atoms with Crippen LogP contribution in [-0.4, -0.2) is 18.4 Å². The molecule has 0 radical (unpaired) electrons. The summed E-state index contributed by atoms with van der Waals surface area (Å²) in [4.78, 5) is 24.7. The topological polar surface area (TPSA) is 43.4 Å². The van der Waals surface area contributed by atoms with Crippen molar-refractivity contribution in [3.05, 3.63) is 12.2 Å². The molecule has 0 amide bonds. The molecule has 132 valence electrons. The molecule has 0 aromatic rings. The van der Waals surface area contributed by atoms with Crippen LogP contribution in [0.1, 0.15) is 65.2 Å². The number of esters is 1. The van der Waals surface area contributed by atoms with Crippen molar-refractivity contribution < 1.29 is 14.3 Å². The second-order valence-corrected chi connectivity index (χ2v) is 9.28. The highest BCUT2D eigenvalue weighted by Gasteiger charge is 2.59. The van der Waals surface area contributed by atoms with Gasteiger partial charge in [-0.05, 0) is 67.6 Å². The maximum absolute atomic E-state index is 12.4. The summed E-state index contributed by atoms with van der Waals surface area (Å²) in [6, 6.07) is 0. The fourth-order valence-corrected chi connectivity index (χ4v) is 6.86. The van der Waals surface area contributed by atoms with Crippen molar-refractivity contribution in [2.75, 3.05) is 0 Å². The average Bonchev–Trinajstić information content (AvgIpc) is 2.74. The molecule has 24 heavy (non-hydrogen) atoms. The lowest BCUT2D eigenvalue weighted by Crippen LogP contribution is -2.55. The van der Waals surface area contributed by atoms with Crippen LogP contribution in [0.15, 0.2) is 12.2 Å². The van der Waals surface area contributed by atoms with Gasteiger partial charge in [-0.3, -0.25) is 4.79 Å². The third-order valence-corrected chi connectivity index (χ3v) is 8.34. The molecule has 5 rings (SSSR count). The van der Waals surface area contributed by atoms with E-state index in [9.17, 15) is 9.59 Å². The summed E-state index contributed by atoms with van der Waals surface area (Å²) >= 11 is 0. The van der Waals surface area contributed by atoms with Gasteiger partial charge in [0.1, 0.15) is 12.4 Å². The van der Waals surface area contributed by atoms with E-state index >= 15 is 0 Å². The van der Waals surface area contributed by atoms with E-state index in [-0.39, 0.29) is 34.7 Å². The van der Waals surface area contributed by atoms with Crippen molar-refractivity contribution in [3.63, 3.8) is 0 Å². The van der Waals surface area contributed by atoms with Gasteiger partial charge in [-0.1, -0.05) is 32.4 Å². The first-order valence-corrected chi connectivity index (χ1v) is 9.74. The molecular weight excluding hydrogens is 300 g/mol. The molecule has 0 aromatic carbocycles. The molecule has 2 heterocycles. The van der Waals surface area contributed by atoms with Gasteiger partial charge in [0, 0.05) is 5.92 Å². The normalized spacial score (nSPS) is 51.0. The number of allylic oxidation sites excluding steroid dienone is 1. The van der Waals surface area contributed by atoms with Gasteiger partial charge in [0.25, 0.3) is 0 Å². The fraction of sp³-hybridized carbons (Fsp3) is 0.810. The summed E-state index contributed by atoms with van der Waals surface area (Å²) in [6.45, 7) is 8.94. The van der Waals surface area contributed by atoms with Crippen LogP contribution in [0.5, 0.6) is 0 Å². The molecule has 5 aliphatic rings. The highest BCUT2D eigenvalue weighted by molar-refractivity contribution is 5.75. The lowest BCUT2D eigenvalue weighted by atomic mass is 9.53. The van der Waals surface area contributed by atoms with Gasteiger partial charge in [-0.15, -0.1) is 0 Å². The highest BCUT2D eigenvalue weighted by Crippen LogP contribution is 2.62. The van der Waals surface area contributed by atoms with E-state index < -0.39 is 0 Å². The summed E-state index contributed by atoms with van der Waals surface area (Å²) in [5.41, 5.74) is 1.39. The number of fused-ring (bicyclic) bond motifs is 4. The Morgan fingerprint density at radius 1 is 1.17 bits per heavy atom. The minimum Gasteiger partial charge on any atom is -0.462 e. The van der Waals surface area contributed by atoms with Gasteiger partial charge in [0.05, 0.1) is 5.92 Å². The van der Waals surface area contributed by atoms with Crippen LogP contribution in [0.3, 0.4) is 0 Å². The van der Waals surface area contributed by atoms with E-state index in [2.05, 4.69) is 20.4 Å². The third-order valence-electron chi connectivity index (χ3n) is 8.34. The van der Waals surface area contributed by atoms with E-state index in [1.54, 1.807) is 0 Å². The van der Waals surface area contributed by atoms with Crippen molar-refractivity contribution >= 4 is 12.3 Å². The minimum absolute atomic E-state index is 0.00695. The second-order valence-electron chi connectivity index (χ2n) is 9.28. The molecule has 3 heteroatoms. The second kappa shape index (κ2) is 5.44. The van der Waals surface area contributed by atoms with Crippen molar-refractivity contribution in [2.24, 2.45) is 34.5 Å². The van der Waals surface area contributed by atoms with Crippen LogP contribution < -0.4 is 0 Å². The molecule has 3 aliphatic carbocycles. The van der Waals surface area contributed by atoms with Crippen LogP contribution in [0.4, 0.5) is 0 Å². The number of carbonyl (C=O) groups is 2. The standard InChI is InChI=1S/C21H30O3/c1-13-6-8-17-15(12-22)16(5-4-10-20(13,17)2)21(3)11-14-7-9-18(21)19(23)24-14/h12,14-18H,1,4-11H2,2-3H3/t14?,15-,16+,17+,18-,20-,21-/m1/s1. The quantitative estimate of drug-likeness (QED) is 0.430. The fourth-order valence-electron chi connectivity index (χ4n) is 6.86. The summed E-state index contributed by atoms with van der Waals surface area (Å²) in [5, 5.41) is 0. The summed E-state index contributed by atoms with van der Waals surface area (Å²) in [7, 11) is 0. The van der Waals surface area contributed by atoms with Crippen LogP contribution in [-0.2, 0) is 14.3 Å². The van der Waals surface area contributed by atoms with Crippen LogP contribution in [0.2, 0.25) is 0 Å². The molecule has 3 nitrogen and oxygen atoms in total. The molecule has 2 aliphatic heterocycles. The maximum atomic E-state index is 12.4. The Hall–Kier alpha value is -1.12. The molecule has 7 atom stereocenters. The Morgan fingerprint density at radius 3 is 2.62 bits per heavy atom. The van der Waals surface area contributed by atoms with E-state index in [1.807, 2.05) is 0 Å². The Kier molecular flexibility index (Phi) is 3.71. The molecular formula is C21H30O3. The molecule has 1 unspecified atom stereocenters. The number of hydrogen-bond donors (Lipinski definition) is 0. The van der Waals surface area contributed by atoms with Gasteiger partial charge in [-0.2, -0.15) is 0 Å². The zero-order chi connectivity index (χ0) is 17.1. The Labute approximate surface area is 145 Å². The number of aldehydes is 1. The maximum Gasteiger partial charge on any atom is 0.309 e. The number of ether oxygens (including phenoxy) is 1. The summed E-state index contributed by atoms with van der Waals surface area (Å²) in [5.74, 6) is 0.766. The van der Waals surface area contributed by atoms with Gasteiger partial charge in [0.2, 0.25) is 0 Å². The van der Waals surface area contributed by atoms with Gasteiger partial charge in [-0.25, -0.2) is 0 Å². The SMILES string of the molecule is C=C1CC[C@H]2[C@H](C=O)[C@@H]([C@@]3(C)CC4CC[C@@H]3C(=O)O4)CCC[C@]12C. The van der Waals surface area contributed by atoms with E-state index in [0.717, 1.165) is 51.4 Å². The number of rotatable bonds is 2. The van der Waals surface area contributed by atoms with Crippen LogP contribution in [0.25, 0.3) is 0 Å². The average molecular weight is 330 g/mol. The Balaban J connectivity index is 1.71. The first kappa shape index (κ1) is 16.4. The number of hydrogen-bond acceptors (Lipinski definition) is 3. The lowest BCUT2D eigenvalue weighted by Gasteiger charge is -2.54. The largest absolute Gasteiger partial charge is 0.462 e. The molecule has 3 saturated carbocycles. The van der Waals surface area contributed by atoms with Crippen molar-refractivity contribution in [2.45, 2.75) is 71.3 Å². The molecule has 2 saturated heterocycles. The number of carbonyl (C=O) groups excluding carboxylic acids is 2. The van der Waals surface area contributed by atoms with Crippen molar-refractivity contribution in [1.29, 1.82) is 0 Å². The molecule has 0 spiro atoms. The molecule has 0 aromatic heterocycles. The zero-order valence-electron chi connectivity index (χ0n) is 15.1. The first-order valence-electron chi connectivity index (χ1n) is 9.74. The predicted molar refractivity (Wildman–Crippen MR) is 92.2 cm³/mol. The minimum atomic E-state index is -0.0704. The lowest BCUT2D eigenvalue weighted by molar-refractivity contribution is -0.193. The van der Waals surface area contributed by atoms with Crippen LogP contribution in [0, 0.1) is 34.5 Å². The Morgan fingerprint density at radius 2 is 1.96 bits per heavy atom. The van der Waals surface area contributed by atoms with E-state index in [4.69, 9.17) is 4.74 Å². The zero-order valence-corrected chi connectivity index (χ0v) is 15.1. The molecule has 2 bridgehead atoms. The molecule has 5 fully saturated rings. The summed E-state index contributed by atoms with van der Waals surface area (Å²) < 4.78 is 5.55. The summed E-state index contributed by atoms with van der Waals surface area (Å²) in [6.07, 6.45) is 9.70. The van der Waals surface area contributed by atoms with Gasteiger partial charge in [0.15, 0.2) is 0 Å². The van der Waals surface area contributed by atoms with Crippen LogP contribution >= 0.6 is 0 Å². The van der Waals surface area contributed by atoms with Crippen molar-refractivity contribution in [1.82, 2.24) is 0 Å². The predicted octanol–water partition coefficient (Wildman–Crippen LogP) is 4.31. The molecule has 0 N–H and O–H groups in total. The first-order chi connectivity index (χ1) is 11.4. The highest BCUT2D eigenvalue weighted by atomic mass is 16.5.